The van der Waals surface area contributed by atoms with Crippen LogP contribution in [0.15, 0.2) is 36.4 Å². The van der Waals surface area contributed by atoms with Gasteiger partial charge in [0.1, 0.15) is 0 Å². The molecule has 0 fully saturated rings. The molecule has 0 spiro atoms. The quantitative estimate of drug-likeness (QED) is 0.749. The number of nitrogens with one attached hydrogen (secondary N) is 1. The van der Waals surface area contributed by atoms with Crippen LogP contribution in [0.25, 0.3) is 0 Å². The average Bonchev–Trinajstić information content (AvgIpc) is 2.50. The Hall–Kier alpha value is -1.61. The number of allylic oxidation sites excluding steroid dienone is 1. The largest absolute Gasteiger partial charge is 0.308 e. The smallest absolute Gasteiger partial charge is 0.250 e. The lowest BCUT2D eigenvalue weighted by molar-refractivity contribution is -0.114. The third kappa shape index (κ3) is 2.56. The van der Waals surface area contributed by atoms with Gasteiger partial charge in [0, 0.05) is 24.8 Å². The van der Waals surface area contributed by atoms with Gasteiger partial charge in [0.05, 0.1) is 0 Å². The minimum atomic E-state index is 0.0514. The van der Waals surface area contributed by atoms with Crippen molar-refractivity contribution in [2.75, 3.05) is 11.4 Å². The Labute approximate surface area is 102 Å². The second kappa shape index (κ2) is 5.15. The van der Waals surface area contributed by atoms with Gasteiger partial charge in [-0.2, -0.15) is 0 Å². The van der Waals surface area contributed by atoms with Crippen molar-refractivity contribution >= 4 is 11.6 Å². The summed E-state index contributed by atoms with van der Waals surface area (Å²) in [6.07, 6.45) is 3.41. The maximum absolute atomic E-state index is 12.1. The van der Waals surface area contributed by atoms with E-state index in [1.807, 2.05) is 30.0 Å². The molecule has 0 saturated heterocycles. The molecule has 0 aliphatic carbocycles. The minimum absolute atomic E-state index is 0.0514. The number of carbonyl (C=O) groups is 1. The lowest BCUT2D eigenvalue weighted by Crippen LogP contribution is -2.38. The van der Waals surface area contributed by atoms with E-state index < -0.39 is 0 Å². The molecule has 0 bridgehead atoms. The first-order valence-corrected chi connectivity index (χ1v) is 5.98. The number of hydrogen-bond donors (Lipinski definition) is 1. The van der Waals surface area contributed by atoms with E-state index in [1.54, 1.807) is 12.2 Å². The summed E-state index contributed by atoms with van der Waals surface area (Å²) in [6.45, 7) is 5.49. The summed E-state index contributed by atoms with van der Waals surface area (Å²) in [7, 11) is 0. The fourth-order valence-electron chi connectivity index (χ4n) is 2.09. The number of anilines is 1. The van der Waals surface area contributed by atoms with E-state index in [0.717, 1.165) is 12.2 Å². The Morgan fingerprint density at radius 2 is 2.24 bits per heavy atom. The van der Waals surface area contributed by atoms with Crippen LogP contribution in [0, 0.1) is 0 Å². The molecule has 1 N–H and O–H groups in total. The Kier molecular flexibility index (Phi) is 3.59. The molecule has 2 rings (SSSR count). The van der Waals surface area contributed by atoms with Gasteiger partial charge in [-0.25, -0.2) is 0 Å². The fourth-order valence-corrected chi connectivity index (χ4v) is 2.09. The van der Waals surface area contributed by atoms with Crippen molar-refractivity contribution in [3.63, 3.8) is 0 Å². The van der Waals surface area contributed by atoms with Gasteiger partial charge in [0.15, 0.2) is 0 Å². The highest BCUT2D eigenvalue weighted by molar-refractivity contribution is 6.02. The molecule has 3 heteroatoms. The summed E-state index contributed by atoms with van der Waals surface area (Å²) in [5, 5.41) is 3.41. The zero-order chi connectivity index (χ0) is 12.3. The van der Waals surface area contributed by atoms with Gasteiger partial charge < -0.3 is 10.2 Å². The van der Waals surface area contributed by atoms with E-state index >= 15 is 0 Å². The van der Waals surface area contributed by atoms with Crippen LogP contribution in [-0.2, 0) is 11.3 Å². The number of hydrogen-bond acceptors (Lipinski definition) is 2. The van der Waals surface area contributed by atoms with Crippen LogP contribution in [0.2, 0.25) is 0 Å². The molecule has 1 atom stereocenters. The van der Waals surface area contributed by atoms with Crippen LogP contribution in [0.5, 0.6) is 0 Å². The Morgan fingerprint density at radius 3 is 3.00 bits per heavy atom. The topological polar surface area (TPSA) is 32.3 Å². The van der Waals surface area contributed by atoms with E-state index in [2.05, 4.69) is 18.3 Å². The van der Waals surface area contributed by atoms with Crippen molar-refractivity contribution in [1.29, 1.82) is 0 Å². The molecule has 0 saturated carbocycles. The van der Waals surface area contributed by atoms with Gasteiger partial charge in [0.25, 0.3) is 5.91 Å². The number of rotatable bonds is 1. The molecule has 1 aliphatic heterocycles. The molecule has 1 amide bonds. The predicted molar refractivity (Wildman–Crippen MR) is 69.9 cm³/mol. The summed E-state index contributed by atoms with van der Waals surface area (Å²) >= 11 is 0. The van der Waals surface area contributed by atoms with E-state index in [1.165, 1.54) is 5.56 Å². The van der Waals surface area contributed by atoms with Crippen LogP contribution in [0.1, 0.15) is 19.4 Å². The summed E-state index contributed by atoms with van der Waals surface area (Å²) in [5.41, 5.74) is 2.20. The van der Waals surface area contributed by atoms with Gasteiger partial charge in [-0.15, -0.1) is 0 Å². The van der Waals surface area contributed by atoms with Gasteiger partial charge in [-0.05, 0) is 31.6 Å². The summed E-state index contributed by atoms with van der Waals surface area (Å²) in [6, 6.07) is 8.36. The van der Waals surface area contributed by atoms with E-state index in [0.29, 0.717) is 12.6 Å². The first-order valence-electron chi connectivity index (χ1n) is 5.98. The molecule has 90 valence electrons. The number of benzene rings is 1. The number of fused-ring (bicyclic) bond motifs is 1. The lowest BCUT2D eigenvalue weighted by atomic mass is 10.1. The maximum Gasteiger partial charge on any atom is 0.250 e. The van der Waals surface area contributed by atoms with Crippen LogP contribution >= 0.6 is 0 Å². The monoisotopic (exact) mass is 230 g/mol. The second-order valence-electron chi connectivity index (χ2n) is 4.36. The predicted octanol–water partition coefficient (Wildman–Crippen LogP) is 2.09. The maximum atomic E-state index is 12.1. The molecule has 1 heterocycles. The van der Waals surface area contributed by atoms with Crippen molar-refractivity contribution in [3.05, 3.63) is 42.0 Å². The highest BCUT2D eigenvalue weighted by Crippen LogP contribution is 2.23. The van der Waals surface area contributed by atoms with Crippen molar-refractivity contribution in [1.82, 2.24) is 5.32 Å². The number of amides is 1. The third-order valence-corrected chi connectivity index (χ3v) is 2.96. The van der Waals surface area contributed by atoms with Gasteiger partial charge in [0.2, 0.25) is 0 Å². The first kappa shape index (κ1) is 11.9. The van der Waals surface area contributed by atoms with Crippen molar-refractivity contribution in [2.45, 2.75) is 26.4 Å². The normalized spacial score (nSPS) is 20.1. The van der Waals surface area contributed by atoms with Gasteiger partial charge in [-0.3, -0.25) is 4.79 Å². The zero-order valence-corrected chi connectivity index (χ0v) is 10.3. The fraction of sp³-hybridized carbons (Fsp3) is 0.357. The Balaban J connectivity index is 2.38. The Morgan fingerprint density at radius 1 is 1.47 bits per heavy atom. The lowest BCUT2D eigenvalue weighted by Gasteiger charge is -2.23. The van der Waals surface area contributed by atoms with E-state index in [-0.39, 0.29) is 5.91 Å². The van der Waals surface area contributed by atoms with Crippen molar-refractivity contribution in [2.24, 2.45) is 0 Å². The van der Waals surface area contributed by atoms with Crippen LogP contribution in [0.4, 0.5) is 5.69 Å². The molecular weight excluding hydrogens is 212 g/mol. The van der Waals surface area contributed by atoms with E-state index in [9.17, 15) is 4.79 Å². The number of nitrogens with zero attached hydrogens (tertiary/aromatic N) is 1. The molecule has 3 nitrogen and oxygen atoms in total. The zero-order valence-electron chi connectivity index (χ0n) is 10.3. The van der Waals surface area contributed by atoms with Crippen LogP contribution in [-0.4, -0.2) is 18.5 Å². The molecule has 0 aromatic heterocycles. The number of carbonyl (C=O) groups excluding carboxylic acids is 1. The second-order valence-corrected chi connectivity index (χ2v) is 4.36. The first-order chi connectivity index (χ1) is 8.22. The SMILES string of the molecule is C/C=C/C(=O)N1CC(C)NCc2ccccc21. The highest BCUT2D eigenvalue weighted by Gasteiger charge is 2.21. The molecular formula is C14H18N2O. The Bertz CT molecular complexity index is 440. The van der Waals surface area contributed by atoms with Gasteiger partial charge in [-0.1, -0.05) is 24.3 Å². The third-order valence-electron chi connectivity index (χ3n) is 2.96. The van der Waals surface area contributed by atoms with E-state index in [4.69, 9.17) is 0 Å². The standard InChI is InChI=1S/C14H18N2O/c1-3-6-14(17)16-10-11(2)15-9-12-7-4-5-8-13(12)16/h3-8,11,15H,9-10H2,1-2H3/b6-3+. The number of para-hydroxylation sites is 1. The van der Waals surface area contributed by atoms with Crippen molar-refractivity contribution < 1.29 is 4.79 Å². The van der Waals surface area contributed by atoms with Crippen molar-refractivity contribution in [3.8, 4) is 0 Å². The average molecular weight is 230 g/mol. The molecule has 0 radical (unpaired) electrons. The molecule has 1 aliphatic rings. The van der Waals surface area contributed by atoms with Crippen LogP contribution in [0.3, 0.4) is 0 Å². The summed E-state index contributed by atoms with van der Waals surface area (Å²) in [4.78, 5) is 13.9. The molecule has 1 unspecified atom stereocenters. The molecule has 1 aromatic rings. The molecule has 1 aromatic carbocycles. The highest BCUT2D eigenvalue weighted by atomic mass is 16.2. The minimum Gasteiger partial charge on any atom is -0.308 e. The molecule has 17 heavy (non-hydrogen) atoms. The summed E-state index contributed by atoms with van der Waals surface area (Å²) < 4.78 is 0. The van der Waals surface area contributed by atoms with Crippen LogP contribution < -0.4 is 10.2 Å². The summed E-state index contributed by atoms with van der Waals surface area (Å²) in [5.74, 6) is 0.0514. The van der Waals surface area contributed by atoms with Gasteiger partial charge >= 0.3 is 0 Å².